The Labute approximate surface area is 103 Å². The normalized spacial score (nSPS) is 9.71. The van der Waals surface area contributed by atoms with Crippen molar-refractivity contribution in [3.63, 3.8) is 0 Å². The van der Waals surface area contributed by atoms with Gasteiger partial charge in [-0.05, 0) is 24.3 Å². The maximum absolute atomic E-state index is 10.4. The van der Waals surface area contributed by atoms with E-state index in [2.05, 4.69) is 4.98 Å². The highest BCUT2D eigenvalue weighted by atomic mass is 35.5. The number of ether oxygens (including phenoxy) is 1. The maximum Gasteiger partial charge on any atom is 0.341 e. The van der Waals surface area contributed by atoms with Crippen molar-refractivity contribution in [3.8, 4) is 5.75 Å². The topological polar surface area (TPSA) is 94.4 Å². The number of carbonyl (C=O) groups is 1. The molecule has 0 spiro atoms. The van der Waals surface area contributed by atoms with Crippen LogP contribution >= 0.6 is 11.6 Å². The van der Waals surface area contributed by atoms with Crippen molar-refractivity contribution in [2.45, 2.75) is 0 Å². The van der Waals surface area contributed by atoms with Crippen LogP contribution in [0.15, 0.2) is 30.5 Å². The summed E-state index contributed by atoms with van der Waals surface area (Å²) >= 11 is 5.98. The minimum Gasteiger partial charge on any atom is -0.480 e. The number of carboxylic acids is 1. The third kappa shape index (κ3) is 2.83. The average molecular weight is 255 g/mol. The van der Waals surface area contributed by atoms with Crippen molar-refractivity contribution in [3.05, 3.63) is 35.5 Å². The van der Waals surface area contributed by atoms with Gasteiger partial charge in [-0.2, -0.15) is 0 Å². The van der Waals surface area contributed by atoms with E-state index in [1.165, 1.54) is 0 Å². The maximum atomic E-state index is 10.4. The lowest BCUT2D eigenvalue weighted by Gasteiger charge is -2.07. The molecule has 1 heterocycles. The van der Waals surface area contributed by atoms with Gasteiger partial charge in [0.25, 0.3) is 0 Å². The quantitative estimate of drug-likeness (QED) is 0.878. The standard InChI is InChI=1S/C11H8ClNO3.H3N/c12-8-3-4-9(16-6-10(14)15)11-7(8)2-1-5-13-11;/h1-5H,6H2,(H,14,15);1H3. The minimum absolute atomic E-state index is 0. The third-order valence-corrected chi connectivity index (χ3v) is 2.36. The number of benzene rings is 1. The molecule has 0 aliphatic rings. The van der Waals surface area contributed by atoms with Gasteiger partial charge in [0.2, 0.25) is 0 Å². The van der Waals surface area contributed by atoms with Gasteiger partial charge < -0.3 is 16.0 Å². The first-order chi connectivity index (χ1) is 7.68. The SMILES string of the molecule is N.O=C(O)COc1ccc(Cl)c2cccnc12. The van der Waals surface area contributed by atoms with E-state index in [0.29, 0.717) is 16.3 Å². The second-order valence-electron chi connectivity index (χ2n) is 3.13. The number of pyridine rings is 1. The minimum atomic E-state index is -1.03. The molecule has 0 saturated heterocycles. The zero-order valence-corrected chi connectivity index (χ0v) is 9.65. The zero-order valence-electron chi connectivity index (χ0n) is 8.89. The monoisotopic (exact) mass is 254 g/mol. The van der Waals surface area contributed by atoms with Crippen molar-refractivity contribution in [1.29, 1.82) is 0 Å². The number of rotatable bonds is 3. The molecule has 0 aliphatic carbocycles. The number of aromatic nitrogens is 1. The van der Waals surface area contributed by atoms with Crippen LogP contribution in [0.5, 0.6) is 5.75 Å². The Bertz CT molecular complexity index is 545. The highest BCUT2D eigenvalue weighted by Gasteiger charge is 2.07. The van der Waals surface area contributed by atoms with E-state index in [0.717, 1.165) is 5.39 Å². The Hall–Kier alpha value is -1.85. The molecule has 90 valence electrons. The smallest absolute Gasteiger partial charge is 0.341 e. The molecule has 17 heavy (non-hydrogen) atoms. The molecule has 0 fully saturated rings. The Morgan fingerprint density at radius 3 is 2.88 bits per heavy atom. The Morgan fingerprint density at radius 1 is 1.41 bits per heavy atom. The summed E-state index contributed by atoms with van der Waals surface area (Å²) < 4.78 is 5.12. The molecular weight excluding hydrogens is 244 g/mol. The van der Waals surface area contributed by atoms with Crippen LogP contribution in [0.1, 0.15) is 0 Å². The number of hydrogen-bond acceptors (Lipinski definition) is 4. The van der Waals surface area contributed by atoms with E-state index in [1.807, 2.05) is 0 Å². The van der Waals surface area contributed by atoms with Crippen LogP contribution in [0.3, 0.4) is 0 Å². The molecule has 1 aromatic heterocycles. The summed E-state index contributed by atoms with van der Waals surface area (Å²) in [6.45, 7) is -0.396. The lowest BCUT2D eigenvalue weighted by molar-refractivity contribution is -0.139. The van der Waals surface area contributed by atoms with Gasteiger partial charge in [0.1, 0.15) is 11.3 Å². The van der Waals surface area contributed by atoms with Crippen LogP contribution in [-0.2, 0) is 4.79 Å². The predicted molar refractivity (Wildman–Crippen MR) is 64.9 cm³/mol. The van der Waals surface area contributed by atoms with Crippen LogP contribution < -0.4 is 10.9 Å². The number of carboxylic acid groups (broad SMARTS) is 1. The molecule has 1 aromatic carbocycles. The molecule has 0 atom stereocenters. The van der Waals surface area contributed by atoms with Gasteiger partial charge in [0.15, 0.2) is 6.61 Å². The second-order valence-corrected chi connectivity index (χ2v) is 3.53. The van der Waals surface area contributed by atoms with Crippen LogP contribution in [0.2, 0.25) is 5.02 Å². The first-order valence-corrected chi connectivity index (χ1v) is 4.94. The molecule has 4 N–H and O–H groups in total. The number of hydrogen-bond donors (Lipinski definition) is 2. The first kappa shape index (κ1) is 13.2. The fourth-order valence-electron chi connectivity index (χ4n) is 1.37. The fourth-order valence-corrected chi connectivity index (χ4v) is 1.58. The highest BCUT2D eigenvalue weighted by Crippen LogP contribution is 2.29. The van der Waals surface area contributed by atoms with E-state index in [9.17, 15) is 4.79 Å². The number of halogens is 1. The summed E-state index contributed by atoms with van der Waals surface area (Å²) in [6.07, 6.45) is 1.60. The first-order valence-electron chi connectivity index (χ1n) is 4.56. The van der Waals surface area contributed by atoms with E-state index in [4.69, 9.17) is 21.4 Å². The predicted octanol–water partition coefficient (Wildman–Crippen LogP) is 2.51. The molecule has 5 nitrogen and oxygen atoms in total. The van der Waals surface area contributed by atoms with Gasteiger partial charge in [0, 0.05) is 11.6 Å². The molecule has 2 rings (SSSR count). The molecule has 0 bridgehead atoms. The van der Waals surface area contributed by atoms with Crippen LogP contribution in [-0.4, -0.2) is 22.7 Å². The van der Waals surface area contributed by atoms with E-state index in [-0.39, 0.29) is 6.15 Å². The van der Waals surface area contributed by atoms with Gasteiger partial charge in [-0.15, -0.1) is 0 Å². The zero-order chi connectivity index (χ0) is 11.5. The van der Waals surface area contributed by atoms with E-state index < -0.39 is 12.6 Å². The van der Waals surface area contributed by atoms with Crippen molar-refractivity contribution >= 4 is 28.5 Å². The second kappa shape index (κ2) is 5.47. The van der Waals surface area contributed by atoms with Crippen molar-refractivity contribution in [2.24, 2.45) is 0 Å². The fraction of sp³-hybridized carbons (Fsp3) is 0.0909. The highest BCUT2D eigenvalue weighted by molar-refractivity contribution is 6.35. The van der Waals surface area contributed by atoms with Crippen LogP contribution in [0, 0.1) is 0 Å². The summed E-state index contributed by atoms with van der Waals surface area (Å²) in [7, 11) is 0. The lowest BCUT2D eigenvalue weighted by atomic mass is 10.2. The van der Waals surface area contributed by atoms with Gasteiger partial charge in [-0.3, -0.25) is 4.98 Å². The summed E-state index contributed by atoms with van der Waals surface area (Å²) in [5.41, 5.74) is 0.566. The van der Waals surface area contributed by atoms with Crippen LogP contribution in [0.4, 0.5) is 0 Å². The summed E-state index contributed by atoms with van der Waals surface area (Å²) in [6, 6.07) is 6.83. The van der Waals surface area contributed by atoms with Crippen LogP contribution in [0.25, 0.3) is 10.9 Å². The average Bonchev–Trinajstić information content (AvgIpc) is 2.28. The summed E-state index contributed by atoms with van der Waals surface area (Å²) in [5.74, 6) is -0.610. The Balaban J connectivity index is 0.00000144. The molecule has 6 heteroatoms. The third-order valence-electron chi connectivity index (χ3n) is 2.03. The molecule has 0 amide bonds. The number of nitrogens with zero attached hydrogens (tertiary/aromatic N) is 1. The largest absolute Gasteiger partial charge is 0.480 e. The number of aliphatic carboxylic acids is 1. The molecular formula is C11H11ClN2O3. The summed E-state index contributed by atoms with van der Waals surface area (Å²) in [4.78, 5) is 14.5. The number of fused-ring (bicyclic) bond motifs is 1. The Morgan fingerprint density at radius 2 is 2.18 bits per heavy atom. The summed E-state index contributed by atoms with van der Waals surface area (Å²) in [5, 5.41) is 9.83. The lowest BCUT2D eigenvalue weighted by Crippen LogP contribution is -2.09. The van der Waals surface area contributed by atoms with Crippen molar-refractivity contribution in [2.75, 3.05) is 6.61 Å². The van der Waals surface area contributed by atoms with E-state index >= 15 is 0 Å². The van der Waals surface area contributed by atoms with Crippen molar-refractivity contribution < 1.29 is 14.6 Å². The van der Waals surface area contributed by atoms with Crippen molar-refractivity contribution in [1.82, 2.24) is 11.1 Å². The molecule has 0 radical (unpaired) electrons. The molecule has 0 saturated carbocycles. The van der Waals surface area contributed by atoms with Gasteiger partial charge in [-0.1, -0.05) is 11.6 Å². The van der Waals surface area contributed by atoms with Gasteiger partial charge in [-0.25, -0.2) is 4.79 Å². The molecule has 0 aliphatic heterocycles. The van der Waals surface area contributed by atoms with Gasteiger partial charge in [0.05, 0.1) is 5.02 Å². The van der Waals surface area contributed by atoms with Gasteiger partial charge >= 0.3 is 5.97 Å². The van der Waals surface area contributed by atoms with E-state index in [1.54, 1.807) is 30.5 Å². The Kier molecular flexibility index (Phi) is 4.25. The molecule has 0 unspecified atom stereocenters. The molecule has 2 aromatic rings.